The molecule has 1 rings (SSSR count). The summed E-state index contributed by atoms with van der Waals surface area (Å²) in [5, 5.41) is 12.3. The van der Waals surface area contributed by atoms with Crippen molar-refractivity contribution < 1.29 is 9.90 Å². The Balaban J connectivity index is 2.50. The van der Waals surface area contributed by atoms with Crippen LogP contribution in [0.4, 0.5) is 0 Å². The molecule has 2 N–H and O–H groups in total. The monoisotopic (exact) mass is 221 g/mol. The molecule has 0 aliphatic carbocycles. The molecule has 0 aliphatic rings. The number of carbonyl (C=O) groups is 1. The van der Waals surface area contributed by atoms with Crippen molar-refractivity contribution >= 4 is 5.91 Å². The molecule has 0 saturated heterocycles. The second-order valence-electron chi connectivity index (χ2n) is 4.39. The summed E-state index contributed by atoms with van der Waals surface area (Å²) in [6.45, 7) is 6.11. The molecule has 1 unspecified atom stereocenters. The molecule has 0 aromatic heterocycles. The Morgan fingerprint density at radius 2 is 1.88 bits per heavy atom. The highest BCUT2D eigenvalue weighted by molar-refractivity contribution is 5.94. The lowest BCUT2D eigenvalue weighted by Gasteiger charge is -2.15. The summed E-state index contributed by atoms with van der Waals surface area (Å²) in [6.07, 6.45) is -0.491. The van der Waals surface area contributed by atoms with Gasteiger partial charge in [0.15, 0.2) is 0 Å². The van der Waals surface area contributed by atoms with E-state index in [1.807, 2.05) is 32.9 Å². The first-order valence-electron chi connectivity index (χ1n) is 5.53. The average Bonchev–Trinajstić information content (AvgIpc) is 2.26. The summed E-state index contributed by atoms with van der Waals surface area (Å²) in [5.74, 6) is 0.0121. The van der Waals surface area contributed by atoms with E-state index in [4.69, 9.17) is 0 Å². The Morgan fingerprint density at radius 3 is 2.38 bits per heavy atom. The topological polar surface area (TPSA) is 49.3 Å². The van der Waals surface area contributed by atoms with Crippen molar-refractivity contribution in [3.05, 3.63) is 35.4 Å². The quantitative estimate of drug-likeness (QED) is 0.813. The molecule has 3 nitrogen and oxygen atoms in total. The van der Waals surface area contributed by atoms with Gasteiger partial charge in [-0.2, -0.15) is 0 Å². The second kappa shape index (κ2) is 5.66. The molecule has 1 amide bonds. The van der Waals surface area contributed by atoms with Crippen LogP contribution in [0.25, 0.3) is 0 Å². The van der Waals surface area contributed by atoms with Gasteiger partial charge in [-0.05, 0) is 25.0 Å². The van der Waals surface area contributed by atoms with Crippen LogP contribution in [0.5, 0.6) is 0 Å². The minimum atomic E-state index is -0.491. The maximum Gasteiger partial charge on any atom is 0.251 e. The molecular weight excluding hydrogens is 202 g/mol. The first-order chi connectivity index (χ1) is 7.50. The smallest absolute Gasteiger partial charge is 0.251 e. The molecule has 3 heteroatoms. The van der Waals surface area contributed by atoms with Crippen LogP contribution in [-0.4, -0.2) is 23.7 Å². The van der Waals surface area contributed by atoms with Crippen LogP contribution in [-0.2, 0) is 0 Å². The average molecular weight is 221 g/mol. The first kappa shape index (κ1) is 12.7. The van der Waals surface area contributed by atoms with E-state index in [0.717, 1.165) is 5.56 Å². The molecule has 88 valence electrons. The van der Waals surface area contributed by atoms with Crippen LogP contribution < -0.4 is 5.32 Å². The molecule has 16 heavy (non-hydrogen) atoms. The molecular formula is C13H19NO2. The van der Waals surface area contributed by atoms with E-state index in [9.17, 15) is 9.90 Å². The van der Waals surface area contributed by atoms with Gasteiger partial charge in [0.25, 0.3) is 5.91 Å². The van der Waals surface area contributed by atoms with E-state index in [1.54, 1.807) is 12.1 Å². The largest absolute Gasteiger partial charge is 0.391 e. The molecule has 0 radical (unpaired) electrons. The van der Waals surface area contributed by atoms with Crippen LogP contribution in [0.15, 0.2) is 24.3 Å². The fraction of sp³-hybridized carbons (Fsp3) is 0.462. The van der Waals surface area contributed by atoms with Gasteiger partial charge in [-0.1, -0.05) is 31.5 Å². The fourth-order valence-electron chi connectivity index (χ4n) is 1.24. The number of benzene rings is 1. The maximum atomic E-state index is 11.7. The third kappa shape index (κ3) is 3.66. The van der Waals surface area contributed by atoms with Crippen LogP contribution in [0.1, 0.15) is 29.8 Å². The number of hydrogen-bond acceptors (Lipinski definition) is 2. The van der Waals surface area contributed by atoms with E-state index in [2.05, 4.69) is 5.32 Å². The lowest BCUT2D eigenvalue weighted by atomic mass is 10.1. The van der Waals surface area contributed by atoms with Gasteiger partial charge >= 0.3 is 0 Å². The van der Waals surface area contributed by atoms with Gasteiger partial charge < -0.3 is 10.4 Å². The lowest BCUT2D eigenvalue weighted by Crippen LogP contribution is -2.34. The zero-order valence-electron chi connectivity index (χ0n) is 10.0. The fourth-order valence-corrected chi connectivity index (χ4v) is 1.24. The highest BCUT2D eigenvalue weighted by Crippen LogP contribution is 2.04. The van der Waals surface area contributed by atoms with Crippen molar-refractivity contribution in [1.82, 2.24) is 5.32 Å². The van der Waals surface area contributed by atoms with Gasteiger partial charge in [-0.15, -0.1) is 0 Å². The van der Waals surface area contributed by atoms with E-state index in [1.165, 1.54) is 0 Å². The predicted molar refractivity (Wildman–Crippen MR) is 64.4 cm³/mol. The standard InChI is InChI=1S/C13H19NO2/c1-9(2)12(15)8-14-13(16)11-6-4-10(3)5-7-11/h4-7,9,12,15H,8H2,1-3H3,(H,14,16). The third-order valence-corrected chi connectivity index (χ3v) is 2.56. The molecule has 0 heterocycles. The third-order valence-electron chi connectivity index (χ3n) is 2.56. The molecule has 1 aromatic rings. The summed E-state index contributed by atoms with van der Waals surface area (Å²) in [6, 6.07) is 7.36. The van der Waals surface area contributed by atoms with Crippen LogP contribution in [0, 0.1) is 12.8 Å². The van der Waals surface area contributed by atoms with Crippen molar-refractivity contribution in [2.45, 2.75) is 26.9 Å². The number of rotatable bonds is 4. The zero-order valence-corrected chi connectivity index (χ0v) is 10.0. The number of carbonyl (C=O) groups excluding carboxylic acids is 1. The van der Waals surface area contributed by atoms with Crippen LogP contribution >= 0.6 is 0 Å². The number of aliphatic hydroxyl groups excluding tert-OH is 1. The number of amides is 1. The number of aliphatic hydroxyl groups is 1. The molecule has 1 aromatic carbocycles. The Bertz CT molecular complexity index is 343. The van der Waals surface area contributed by atoms with Gasteiger partial charge in [-0.3, -0.25) is 4.79 Å². The number of nitrogens with one attached hydrogen (secondary N) is 1. The van der Waals surface area contributed by atoms with Crippen molar-refractivity contribution in [3.63, 3.8) is 0 Å². The van der Waals surface area contributed by atoms with E-state index in [-0.39, 0.29) is 11.8 Å². The number of hydrogen-bond donors (Lipinski definition) is 2. The zero-order chi connectivity index (χ0) is 12.1. The summed E-state index contributed by atoms with van der Waals surface area (Å²) in [7, 11) is 0. The predicted octanol–water partition coefficient (Wildman–Crippen LogP) is 1.74. The molecule has 0 spiro atoms. The Hall–Kier alpha value is -1.35. The maximum absolute atomic E-state index is 11.7. The van der Waals surface area contributed by atoms with Gasteiger partial charge in [0.1, 0.15) is 0 Å². The molecule has 0 saturated carbocycles. The van der Waals surface area contributed by atoms with E-state index >= 15 is 0 Å². The van der Waals surface area contributed by atoms with Crippen molar-refractivity contribution in [2.24, 2.45) is 5.92 Å². The van der Waals surface area contributed by atoms with E-state index < -0.39 is 6.10 Å². The van der Waals surface area contributed by atoms with Crippen molar-refractivity contribution in [1.29, 1.82) is 0 Å². The minimum absolute atomic E-state index is 0.139. The van der Waals surface area contributed by atoms with Gasteiger partial charge in [-0.25, -0.2) is 0 Å². The van der Waals surface area contributed by atoms with Gasteiger partial charge in [0.2, 0.25) is 0 Å². The Morgan fingerprint density at radius 1 is 1.31 bits per heavy atom. The molecule has 0 bridgehead atoms. The van der Waals surface area contributed by atoms with Crippen molar-refractivity contribution in [2.75, 3.05) is 6.54 Å². The summed E-state index contributed by atoms with van der Waals surface area (Å²) in [4.78, 5) is 11.7. The SMILES string of the molecule is Cc1ccc(C(=O)NCC(O)C(C)C)cc1. The lowest BCUT2D eigenvalue weighted by molar-refractivity contribution is 0.0871. The summed E-state index contributed by atoms with van der Waals surface area (Å²) in [5.41, 5.74) is 1.75. The normalized spacial score (nSPS) is 12.6. The first-order valence-corrected chi connectivity index (χ1v) is 5.53. The Kier molecular flexibility index (Phi) is 4.50. The number of aryl methyl sites for hydroxylation is 1. The summed E-state index contributed by atoms with van der Waals surface area (Å²) >= 11 is 0. The van der Waals surface area contributed by atoms with Gasteiger partial charge in [0, 0.05) is 12.1 Å². The Labute approximate surface area is 96.5 Å². The molecule has 0 aliphatic heterocycles. The van der Waals surface area contributed by atoms with Crippen molar-refractivity contribution in [3.8, 4) is 0 Å². The summed E-state index contributed by atoms with van der Waals surface area (Å²) < 4.78 is 0. The molecule has 1 atom stereocenters. The highest BCUT2D eigenvalue weighted by atomic mass is 16.3. The van der Waals surface area contributed by atoms with E-state index in [0.29, 0.717) is 12.1 Å². The molecule has 0 fully saturated rings. The highest BCUT2D eigenvalue weighted by Gasteiger charge is 2.11. The second-order valence-corrected chi connectivity index (χ2v) is 4.39. The van der Waals surface area contributed by atoms with Crippen LogP contribution in [0.3, 0.4) is 0 Å². The van der Waals surface area contributed by atoms with Gasteiger partial charge in [0.05, 0.1) is 6.10 Å². The minimum Gasteiger partial charge on any atom is -0.391 e. The van der Waals surface area contributed by atoms with Crippen LogP contribution in [0.2, 0.25) is 0 Å².